The number of carbonyl (C=O) groups excluding carboxylic acids is 1. The maximum atomic E-state index is 13.0. The van der Waals surface area contributed by atoms with Crippen LogP contribution in [-0.4, -0.2) is 36.7 Å². The zero-order chi connectivity index (χ0) is 17.1. The minimum absolute atomic E-state index is 0.0701. The van der Waals surface area contributed by atoms with Crippen molar-refractivity contribution < 1.29 is 23.1 Å². The molecule has 2 rings (SSSR count). The first kappa shape index (κ1) is 17.5. The number of carboxylic acid groups (broad SMARTS) is 1. The van der Waals surface area contributed by atoms with Gasteiger partial charge in [0.2, 0.25) is 5.91 Å². The number of nitrogens with one attached hydrogen (secondary N) is 1. The number of carboxylic acids is 1. The van der Waals surface area contributed by atoms with Crippen LogP contribution in [0.4, 0.5) is 0 Å². The van der Waals surface area contributed by atoms with Crippen molar-refractivity contribution in [1.82, 2.24) is 5.32 Å². The van der Waals surface area contributed by atoms with E-state index in [1.807, 2.05) is 6.92 Å². The van der Waals surface area contributed by atoms with Gasteiger partial charge in [-0.25, -0.2) is 8.42 Å². The number of benzene rings is 1. The van der Waals surface area contributed by atoms with Gasteiger partial charge in [-0.2, -0.15) is 0 Å². The maximum Gasteiger partial charge on any atom is 0.305 e. The minimum atomic E-state index is -3.83. The summed E-state index contributed by atoms with van der Waals surface area (Å²) in [5, 5.41) is 11.1. The fourth-order valence-corrected chi connectivity index (χ4v) is 5.04. The highest BCUT2D eigenvalue weighted by Gasteiger charge is 2.52. The quantitative estimate of drug-likeness (QED) is 0.821. The van der Waals surface area contributed by atoms with Crippen molar-refractivity contribution in [1.29, 1.82) is 0 Å². The van der Waals surface area contributed by atoms with Crippen molar-refractivity contribution in [2.24, 2.45) is 0 Å². The van der Waals surface area contributed by atoms with E-state index in [1.54, 1.807) is 12.1 Å². The van der Waals surface area contributed by atoms with Gasteiger partial charge in [-0.05, 0) is 31.9 Å². The first-order valence-electron chi connectivity index (χ1n) is 7.61. The molecular formula is C16H21NO5S. The molecule has 1 saturated carbocycles. The van der Waals surface area contributed by atoms with E-state index in [-0.39, 0.29) is 30.7 Å². The summed E-state index contributed by atoms with van der Waals surface area (Å²) in [5.41, 5.74) is 0.940. The first-order chi connectivity index (χ1) is 10.8. The van der Waals surface area contributed by atoms with Crippen LogP contribution in [0.25, 0.3) is 0 Å². The minimum Gasteiger partial charge on any atom is -0.481 e. The van der Waals surface area contributed by atoms with Crippen LogP contribution in [0.15, 0.2) is 29.2 Å². The summed E-state index contributed by atoms with van der Waals surface area (Å²) in [7, 11) is -3.83. The molecule has 0 atom stereocenters. The molecule has 1 fully saturated rings. The molecule has 0 aromatic heterocycles. The molecule has 0 bridgehead atoms. The van der Waals surface area contributed by atoms with Crippen molar-refractivity contribution in [2.75, 3.05) is 6.54 Å². The van der Waals surface area contributed by atoms with Gasteiger partial charge in [-0.15, -0.1) is 0 Å². The Labute approximate surface area is 135 Å². The molecule has 1 aromatic carbocycles. The third-order valence-electron chi connectivity index (χ3n) is 4.30. The number of rotatable bonds is 6. The molecule has 0 aliphatic heterocycles. The third-order valence-corrected chi connectivity index (χ3v) is 6.81. The van der Waals surface area contributed by atoms with Crippen LogP contribution in [0.3, 0.4) is 0 Å². The van der Waals surface area contributed by atoms with Gasteiger partial charge in [0.05, 0.1) is 11.3 Å². The molecular weight excluding hydrogens is 318 g/mol. The number of amides is 1. The second-order valence-electron chi connectivity index (χ2n) is 5.92. The van der Waals surface area contributed by atoms with E-state index in [4.69, 9.17) is 5.11 Å². The normalized spacial score (nSPS) is 16.9. The molecule has 126 valence electrons. The molecule has 1 aromatic rings. The molecule has 1 aliphatic carbocycles. The average molecular weight is 339 g/mol. The second-order valence-corrected chi connectivity index (χ2v) is 8.18. The van der Waals surface area contributed by atoms with Crippen LogP contribution in [0, 0.1) is 6.92 Å². The van der Waals surface area contributed by atoms with Gasteiger partial charge in [0.25, 0.3) is 0 Å². The Hall–Kier alpha value is -1.89. The molecule has 0 heterocycles. The molecule has 0 spiro atoms. The summed E-state index contributed by atoms with van der Waals surface area (Å²) in [6, 6.07) is 6.46. The van der Waals surface area contributed by atoms with Crippen LogP contribution >= 0.6 is 0 Å². The van der Waals surface area contributed by atoms with E-state index in [9.17, 15) is 18.0 Å². The van der Waals surface area contributed by atoms with E-state index in [0.29, 0.717) is 12.8 Å². The lowest BCUT2D eigenvalue weighted by Gasteiger charge is -2.27. The van der Waals surface area contributed by atoms with Gasteiger partial charge >= 0.3 is 5.97 Å². The molecule has 1 aliphatic rings. The highest BCUT2D eigenvalue weighted by Crippen LogP contribution is 2.40. The van der Waals surface area contributed by atoms with Gasteiger partial charge in [0, 0.05) is 6.54 Å². The SMILES string of the molecule is Cc1ccc(S(=O)(=O)C2(C(=O)NCCC(=O)O)CCCC2)cc1. The van der Waals surface area contributed by atoms with Crippen LogP contribution in [0.5, 0.6) is 0 Å². The number of hydrogen-bond acceptors (Lipinski definition) is 4. The Morgan fingerprint density at radius 2 is 1.74 bits per heavy atom. The van der Waals surface area contributed by atoms with E-state index in [0.717, 1.165) is 5.56 Å². The third kappa shape index (κ3) is 3.39. The fraction of sp³-hybridized carbons (Fsp3) is 0.500. The van der Waals surface area contributed by atoms with Gasteiger partial charge < -0.3 is 10.4 Å². The Morgan fingerprint density at radius 1 is 1.17 bits per heavy atom. The van der Waals surface area contributed by atoms with Crippen LogP contribution < -0.4 is 5.32 Å². The van der Waals surface area contributed by atoms with Gasteiger partial charge in [-0.3, -0.25) is 9.59 Å². The largest absolute Gasteiger partial charge is 0.481 e. The van der Waals surface area contributed by atoms with E-state index >= 15 is 0 Å². The lowest BCUT2D eigenvalue weighted by molar-refractivity contribution is -0.137. The fourth-order valence-electron chi connectivity index (χ4n) is 2.95. The summed E-state index contributed by atoms with van der Waals surface area (Å²) in [4.78, 5) is 23.3. The molecule has 0 saturated heterocycles. The Morgan fingerprint density at radius 3 is 2.26 bits per heavy atom. The smallest absolute Gasteiger partial charge is 0.305 e. The summed E-state index contributed by atoms with van der Waals surface area (Å²) in [6.07, 6.45) is 1.63. The number of carbonyl (C=O) groups is 2. The number of aryl methyl sites for hydroxylation is 1. The molecule has 0 unspecified atom stereocenters. The monoisotopic (exact) mass is 339 g/mol. The van der Waals surface area contributed by atoms with Crippen molar-refractivity contribution in [3.05, 3.63) is 29.8 Å². The lowest BCUT2D eigenvalue weighted by atomic mass is 10.1. The standard InChI is InChI=1S/C16H21NO5S/c1-12-4-6-13(7-5-12)23(21,22)16(9-2-3-10-16)15(20)17-11-8-14(18)19/h4-7H,2-3,8-11H2,1H3,(H,17,20)(H,18,19). The summed E-state index contributed by atoms with van der Waals surface area (Å²) < 4.78 is 24.6. The molecule has 23 heavy (non-hydrogen) atoms. The highest BCUT2D eigenvalue weighted by atomic mass is 32.2. The number of sulfone groups is 1. The summed E-state index contributed by atoms with van der Waals surface area (Å²) >= 11 is 0. The molecule has 1 amide bonds. The van der Waals surface area contributed by atoms with Crippen LogP contribution in [0.2, 0.25) is 0 Å². The van der Waals surface area contributed by atoms with Gasteiger partial charge in [0.15, 0.2) is 14.6 Å². The van der Waals surface area contributed by atoms with Crippen molar-refractivity contribution in [2.45, 2.75) is 48.7 Å². The lowest BCUT2D eigenvalue weighted by Crippen LogP contribution is -2.51. The first-order valence-corrected chi connectivity index (χ1v) is 9.09. The zero-order valence-electron chi connectivity index (χ0n) is 13.0. The molecule has 2 N–H and O–H groups in total. The summed E-state index contributed by atoms with van der Waals surface area (Å²) in [5.74, 6) is -1.62. The maximum absolute atomic E-state index is 13.0. The number of hydrogen-bond donors (Lipinski definition) is 2. The van der Waals surface area contributed by atoms with Gasteiger partial charge in [0.1, 0.15) is 0 Å². The summed E-state index contributed by atoms with van der Waals surface area (Å²) in [6.45, 7) is 1.79. The van der Waals surface area contributed by atoms with Gasteiger partial charge in [-0.1, -0.05) is 30.5 Å². The molecule has 7 heteroatoms. The average Bonchev–Trinajstić information content (AvgIpc) is 2.98. The van der Waals surface area contributed by atoms with Crippen molar-refractivity contribution in [3.8, 4) is 0 Å². The predicted molar refractivity (Wildman–Crippen MR) is 84.8 cm³/mol. The van der Waals surface area contributed by atoms with Crippen LogP contribution in [-0.2, 0) is 19.4 Å². The van der Waals surface area contributed by atoms with E-state index < -0.39 is 26.5 Å². The topological polar surface area (TPSA) is 101 Å². The Kier molecular flexibility index (Phi) is 5.09. The van der Waals surface area contributed by atoms with E-state index in [1.165, 1.54) is 12.1 Å². The zero-order valence-corrected chi connectivity index (χ0v) is 13.9. The Balaban J connectivity index is 2.30. The Bertz CT molecular complexity index is 688. The predicted octanol–water partition coefficient (Wildman–Crippen LogP) is 1.67. The molecule has 6 nitrogen and oxygen atoms in total. The van der Waals surface area contributed by atoms with E-state index in [2.05, 4.69) is 5.32 Å². The van der Waals surface area contributed by atoms with Crippen molar-refractivity contribution in [3.63, 3.8) is 0 Å². The highest BCUT2D eigenvalue weighted by molar-refractivity contribution is 7.93. The number of aliphatic carboxylic acids is 1. The second kappa shape index (κ2) is 6.70. The van der Waals surface area contributed by atoms with Crippen LogP contribution in [0.1, 0.15) is 37.7 Å². The molecule has 0 radical (unpaired) electrons. The van der Waals surface area contributed by atoms with Crippen molar-refractivity contribution >= 4 is 21.7 Å².